The number of amides is 2. The van der Waals surface area contributed by atoms with Crippen LogP contribution in [0.1, 0.15) is 55.5 Å². The molecule has 1 saturated carbocycles. The minimum atomic E-state index is -0.510. The van der Waals surface area contributed by atoms with Crippen LogP contribution in [0.5, 0.6) is 5.88 Å². The average molecular weight is 484 g/mol. The van der Waals surface area contributed by atoms with Gasteiger partial charge in [0.15, 0.2) is 0 Å². The van der Waals surface area contributed by atoms with E-state index in [-0.39, 0.29) is 17.0 Å². The van der Waals surface area contributed by atoms with E-state index in [1.165, 1.54) is 11.3 Å². The molecule has 1 aliphatic heterocycles. The van der Waals surface area contributed by atoms with Gasteiger partial charge >= 0.3 is 0 Å². The lowest BCUT2D eigenvalue weighted by molar-refractivity contribution is -0.138. The summed E-state index contributed by atoms with van der Waals surface area (Å²) in [7, 11) is 3.36. The summed E-state index contributed by atoms with van der Waals surface area (Å²) in [4.78, 5) is 33.1. The van der Waals surface area contributed by atoms with Gasteiger partial charge in [-0.15, -0.1) is 0 Å². The quantitative estimate of drug-likeness (QED) is 0.530. The summed E-state index contributed by atoms with van der Waals surface area (Å²) < 4.78 is 5.83. The largest absolute Gasteiger partial charge is 0.478 e. The lowest BCUT2D eigenvalue weighted by Gasteiger charge is -2.38. The molecule has 2 aromatic rings. The molecule has 0 bridgehead atoms. The number of hydrogen-bond acceptors (Lipinski definition) is 4. The van der Waals surface area contributed by atoms with E-state index in [4.69, 9.17) is 16.3 Å². The van der Waals surface area contributed by atoms with Crippen molar-refractivity contribution in [1.82, 2.24) is 14.8 Å². The van der Waals surface area contributed by atoms with Gasteiger partial charge in [0.1, 0.15) is 5.15 Å². The van der Waals surface area contributed by atoms with Crippen LogP contribution in [0.3, 0.4) is 0 Å². The van der Waals surface area contributed by atoms with Crippen LogP contribution in [0.2, 0.25) is 5.15 Å². The van der Waals surface area contributed by atoms with E-state index >= 15 is 0 Å². The molecule has 1 aromatic heterocycles. The Kier molecular flexibility index (Phi) is 6.90. The number of carbonyl (C=O) groups excluding carboxylic acids is 2. The lowest BCUT2D eigenvalue weighted by atomic mass is 9.81. The molecule has 1 spiro atoms. The molecule has 2 amide bonds. The first kappa shape index (κ1) is 24.5. The number of carbonyl (C=O) groups is 2. The van der Waals surface area contributed by atoms with Gasteiger partial charge in [0.25, 0.3) is 5.91 Å². The van der Waals surface area contributed by atoms with Gasteiger partial charge in [0, 0.05) is 33.3 Å². The number of pyridine rings is 1. The third-order valence-electron chi connectivity index (χ3n) is 7.61. The van der Waals surface area contributed by atoms with Crippen LogP contribution in [0.25, 0.3) is 0 Å². The molecule has 34 heavy (non-hydrogen) atoms. The zero-order valence-electron chi connectivity index (χ0n) is 20.5. The zero-order chi connectivity index (χ0) is 24.5. The Morgan fingerprint density at radius 1 is 1.15 bits per heavy atom. The van der Waals surface area contributed by atoms with Crippen molar-refractivity contribution in [3.63, 3.8) is 0 Å². The fourth-order valence-corrected chi connectivity index (χ4v) is 5.41. The van der Waals surface area contributed by atoms with Gasteiger partial charge in [-0.25, -0.2) is 4.98 Å². The number of ether oxygens (including phenoxy) is 1. The first-order valence-electron chi connectivity index (χ1n) is 12.0. The smallest absolute Gasteiger partial charge is 0.256 e. The highest BCUT2D eigenvalue weighted by atomic mass is 35.5. The topological polar surface area (TPSA) is 62.7 Å². The molecule has 0 N–H and O–H groups in total. The van der Waals surface area contributed by atoms with E-state index in [0.29, 0.717) is 29.4 Å². The Balaban J connectivity index is 1.25. The summed E-state index contributed by atoms with van der Waals surface area (Å²) in [6.45, 7) is 6.27. The molecule has 2 aliphatic rings. The third-order valence-corrected chi connectivity index (χ3v) is 7.90. The van der Waals surface area contributed by atoms with Crippen molar-refractivity contribution in [2.45, 2.75) is 44.9 Å². The van der Waals surface area contributed by atoms with Gasteiger partial charge in [0.05, 0.1) is 17.6 Å². The Bertz CT molecular complexity index is 1050. The van der Waals surface area contributed by atoms with Crippen LogP contribution >= 0.6 is 11.6 Å². The Labute approximate surface area is 207 Å². The lowest BCUT2D eigenvalue weighted by Crippen LogP contribution is -2.47. The highest BCUT2D eigenvalue weighted by Gasteiger charge is 2.55. The maximum Gasteiger partial charge on any atom is 0.256 e. The zero-order valence-corrected chi connectivity index (χ0v) is 21.3. The van der Waals surface area contributed by atoms with Crippen molar-refractivity contribution in [3.8, 4) is 5.88 Å². The van der Waals surface area contributed by atoms with E-state index in [1.54, 1.807) is 26.2 Å². The first-order chi connectivity index (χ1) is 16.1. The minimum Gasteiger partial charge on any atom is -0.478 e. The molecule has 1 aliphatic carbocycles. The van der Waals surface area contributed by atoms with Gasteiger partial charge in [-0.2, -0.15) is 0 Å². The fraction of sp³-hybridized carbons (Fsp3) is 0.519. The minimum absolute atomic E-state index is 0.162. The highest BCUT2D eigenvalue weighted by molar-refractivity contribution is 6.32. The highest BCUT2D eigenvalue weighted by Crippen LogP contribution is 2.61. The second-order valence-electron chi connectivity index (χ2n) is 10.4. The molecule has 4 rings (SSSR count). The van der Waals surface area contributed by atoms with E-state index < -0.39 is 5.41 Å². The summed E-state index contributed by atoms with van der Waals surface area (Å²) in [5.74, 6) is 1.10. The number of rotatable bonds is 7. The standard InChI is InChI=1S/C27H34ClN3O3/c1-26(2,19-8-6-5-7-9-19)25(33)31-15-13-27(14-16-31)18-20(27)12-17-34-22-11-10-21(23(28)29-22)24(32)30(3)4/h5-11,20H,12-18H2,1-4H3. The molecule has 7 heteroatoms. The Morgan fingerprint density at radius 3 is 2.44 bits per heavy atom. The van der Waals surface area contributed by atoms with Gasteiger partial charge < -0.3 is 14.5 Å². The predicted molar refractivity (Wildman–Crippen MR) is 133 cm³/mol. The van der Waals surface area contributed by atoms with Crippen molar-refractivity contribution < 1.29 is 14.3 Å². The van der Waals surface area contributed by atoms with E-state index in [9.17, 15) is 9.59 Å². The number of aromatic nitrogens is 1. The maximum atomic E-state index is 13.3. The van der Waals surface area contributed by atoms with Crippen LogP contribution < -0.4 is 4.74 Å². The molecular weight excluding hydrogens is 450 g/mol. The summed E-state index contributed by atoms with van der Waals surface area (Å²) >= 11 is 6.18. The monoisotopic (exact) mass is 483 g/mol. The maximum absolute atomic E-state index is 13.3. The van der Waals surface area contributed by atoms with Crippen molar-refractivity contribution in [3.05, 3.63) is 58.7 Å². The second kappa shape index (κ2) is 9.57. The van der Waals surface area contributed by atoms with Crippen LogP contribution in [0.4, 0.5) is 0 Å². The van der Waals surface area contributed by atoms with E-state index in [0.717, 1.165) is 37.9 Å². The molecule has 182 valence electrons. The van der Waals surface area contributed by atoms with Crippen molar-refractivity contribution >= 4 is 23.4 Å². The van der Waals surface area contributed by atoms with Gasteiger partial charge in [-0.1, -0.05) is 41.9 Å². The Hall–Kier alpha value is -2.60. The predicted octanol–water partition coefficient (Wildman–Crippen LogP) is 4.81. The van der Waals surface area contributed by atoms with Gasteiger partial charge in [0.2, 0.25) is 11.8 Å². The molecule has 0 radical (unpaired) electrons. The molecule has 1 aromatic carbocycles. The molecular formula is C27H34ClN3O3. The average Bonchev–Trinajstić information content (AvgIpc) is 3.50. The van der Waals surface area contributed by atoms with Crippen molar-refractivity contribution in [2.75, 3.05) is 33.8 Å². The number of likely N-dealkylation sites (tertiary alicyclic amines) is 1. The van der Waals surface area contributed by atoms with Gasteiger partial charge in [-0.05, 0) is 62.5 Å². The number of nitrogens with zero attached hydrogens (tertiary/aromatic N) is 3. The van der Waals surface area contributed by atoms with E-state index in [2.05, 4.69) is 4.98 Å². The summed E-state index contributed by atoms with van der Waals surface area (Å²) in [5.41, 5.74) is 1.28. The van der Waals surface area contributed by atoms with Crippen molar-refractivity contribution in [1.29, 1.82) is 0 Å². The molecule has 1 unspecified atom stereocenters. The molecule has 1 saturated heterocycles. The SMILES string of the molecule is CN(C)C(=O)c1ccc(OCCC2CC23CCN(C(=O)C(C)(C)c2ccccc2)CC3)nc1Cl. The Morgan fingerprint density at radius 2 is 1.82 bits per heavy atom. The number of benzene rings is 1. The number of hydrogen-bond donors (Lipinski definition) is 0. The van der Waals surface area contributed by atoms with Crippen LogP contribution in [0.15, 0.2) is 42.5 Å². The second-order valence-corrected chi connectivity index (χ2v) is 10.7. The first-order valence-corrected chi connectivity index (χ1v) is 12.4. The van der Waals surface area contributed by atoms with E-state index in [1.807, 2.05) is 49.1 Å². The third kappa shape index (κ3) is 4.92. The van der Waals surface area contributed by atoms with Crippen molar-refractivity contribution in [2.24, 2.45) is 11.3 Å². The van der Waals surface area contributed by atoms with Crippen LogP contribution in [0, 0.1) is 11.3 Å². The van der Waals surface area contributed by atoms with Crippen LogP contribution in [-0.2, 0) is 10.2 Å². The molecule has 2 heterocycles. The molecule has 6 nitrogen and oxygen atoms in total. The fourth-order valence-electron chi connectivity index (χ4n) is 5.19. The normalized spacial score (nSPS) is 19.1. The molecule has 1 atom stereocenters. The van der Waals surface area contributed by atoms with Gasteiger partial charge in [-0.3, -0.25) is 9.59 Å². The summed E-state index contributed by atoms with van der Waals surface area (Å²) in [5, 5.41) is 0.162. The number of halogens is 1. The summed E-state index contributed by atoms with van der Waals surface area (Å²) in [6, 6.07) is 13.4. The number of piperidine rings is 1. The molecule has 2 fully saturated rings. The van der Waals surface area contributed by atoms with Crippen LogP contribution in [-0.4, -0.2) is 60.4 Å². The summed E-state index contributed by atoms with van der Waals surface area (Å²) in [6.07, 6.45) is 4.27.